The SMILES string of the molecule is N#CC1=C(N)Oc2c(c(=O)oc3ccccc23)C1c1ccc[n+](Cc2ccccc2Cl)c1.[Cl-]. The standard InChI is InChI=1S/C25H17ClN3O3.ClH/c26-19-9-3-1-6-15(19)13-29-11-5-7-16(14-29)21-18(12-27)24(28)32-23-17-8-2-4-10-20(17)31-25(30)22(21)23;/h1-11,14,21H,13,28H2;1H/q+1;/p-1. The van der Waals surface area contributed by atoms with Crippen molar-refractivity contribution in [3.63, 3.8) is 0 Å². The van der Waals surface area contributed by atoms with E-state index in [-0.39, 0.29) is 29.4 Å². The fourth-order valence-electron chi connectivity index (χ4n) is 4.03. The van der Waals surface area contributed by atoms with Crippen LogP contribution in [0.15, 0.2) is 93.7 Å². The van der Waals surface area contributed by atoms with E-state index in [9.17, 15) is 10.1 Å². The van der Waals surface area contributed by atoms with Gasteiger partial charge < -0.3 is 27.3 Å². The van der Waals surface area contributed by atoms with E-state index in [4.69, 9.17) is 26.5 Å². The van der Waals surface area contributed by atoms with Crippen molar-refractivity contribution in [2.24, 2.45) is 5.73 Å². The summed E-state index contributed by atoms with van der Waals surface area (Å²) in [5.41, 5.74) is 8.04. The minimum atomic E-state index is -0.719. The van der Waals surface area contributed by atoms with Gasteiger partial charge in [0.05, 0.1) is 21.9 Å². The van der Waals surface area contributed by atoms with Gasteiger partial charge in [-0.15, -0.1) is 0 Å². The van der Waals surface area contributed by atoms with E-state index in [0.29, 0.717) is 33.8 Å². The van der Waals surface area contributed by atoms with Crippen molar-refractivity contribution in [1.29, 1.82) is 5.26 Å². The van der Waals surface area contributed by atoms with Crippen LogP contribution in [0.4, 0.5) is 0 Å². The summed E-state index contributed by atoms with van der Waals surface area (Å²) >= 11 is 6.32. The Labute approximate surface area is 200 Å². The average Bonchev–Trinajstić information content (AvgIpc) is 2.80. The number of halogens is 2. The number of hydrogen-bond acceptors (Lipinski definition) is 5. The number of nitrogens with two attached hydrogens (primary N) is 1. The van der Waals surface area contributed by atoms with Crippen molar-refractivity contribution in [2.75, 3.05) is 0 Å². The molecule has 0 amide bonds. The minimum absolute atomic E-state index is 0. The lowest BCUT2D eigenvalue weighted by Gasteiger charge is -2.25. The summed E-state index contributed by atoms with van der Waals surface area (Å²) < 4.78 is 13.3. The molecule has 4 aromatic rings. The van der Waals surface area contributed by atoms with Gasteiger partial charge in [-0.05, 0) is 24.3 Å². The summed E-state index contributed by atoms with van der Waals surface area (Å²) in [6.45, 7) is 0.525. The summed E-state index contributed by atoms with van der Waals surface area (Å²) in [5.74, 6) is -0.426. The van der Waals surface area contributed by atoms with E-state index in [1.807, 2.05) is 59.4 Å². The fraction of sp³-hybridized carbons (Fsp3) is 0.0800. The molecule has 2 aromatic heterocycles. The van der Waals surface area contributed by atoms with E-state index in [2.05, 4.69) is 6.07 Å². The van der Waals surface area contributed by atoms with Gasteiger partial charge in [-0.1, -0.05) is 41.9 Å². The van der Waals surface area contributed by atoms with Gasteiger partial charge in [-0.25, -0.2) is 9.36 Å². The van der Waals surface area contributed by atoms with Crippen LogP contribution >= 0.6 is 11.6 Å². The van der Waals surface area contributed by atoms with E-state index in [1.165, 1.54) is 0 Å². The highest BCUT2D eigenvalue weighted by molar-refractivity contribution is 6.31. The highest BCUT2D eigenvalue weighted by Crippen LogP contribution is 2.43. The first-order valence-electron chi connectivity index (χ1n) is 9.92. The number of ether oxygens (including phenoxy) is 1. The van der Waals surface area contributed by atoms with Crippen molar-refractivity contribution in [2.45, 2.75) is 12.5 Å². The Morgan fingerprint density at radius 1 is 1.09 bits per heavy atom. The summed E-state index contributed by atoms with van der Waals surface area (Å²) in [7, 11) is 0. The lowest BCUT2D eigenvalue weighted by Crippen LogP contribution is -3.00. The first-order chi connectivity index (χ1) is 15.6. The van der Waals surface area contributed by atoms with Crippen LogP contribution in [0.5, 0.6) is 5.75 Å². The Morgan fingerprint density at radius 2 is 1.85 bits per heavy atom. The van der Waals surface area contributed by atoms with Crippen LogP contribution in [0, 0.1) is 11.3 Å². The van der Waals surface area contributed by atoms with E-state index in [1.54, 1.807) is 18.2 Å². The summed E-state index contributed by atoms with van der Waals surface area (Å²) in [6, 6.07) is 20.5. The molecule has 1 aliphatic rings. The first-order valence-corrected chi connectivity index (χ1v) is 10.3. The van der Waals surface area contributed by atoms with Crippen molar-refractivity contribution >= 4 is 22.6 Å². The topological polar surface area (TPSA) is 93.1 Å². The number of rotatable bonds is 3. The van der Waals surface area contributed by atoms with Gasteiger partial charge in [-0.3, -0.25) is 0 Å². The summed E-state index contributed by atoms with van der Waals surface area (Å²) in [4.78, 5) is 13.0. The number of para-hydroxylation sites is 1. The van der Waals surface area contributed by atoms with Crippen molar-refractivity contribution in [1.82, 2.24) is 0 Å². The Hall–Kier alpha value is -3.79. The molecule has 0 spiro atoms. The molecule has 5 rings (SSSR count). The Kier molecular flexibility index (Phi) is 6.10. The van der Waals surface area contributed by atoms with E-state index < -0.39 is 11.5 Å². The molecule has 164 valence electrons. The lowest BCUT2D eigenvalue weighted by molar-refractivity contribution is -0.688. The summed E-state index contributed by atoms with van der Waals surface area (Å²) in [6.07, 6.45) is 3.78. The second-order valence-corrected chi connectivity index (χ2v) is 7.86. The molecular weight excluding hydrogens is 461 g/mol. The van der Waals surface area contributed by atoms with Gasteiger partial charge in [0.2, 0.25) is 5.88 Å². The Bertz CT molecular complexity index is 1510. The maximum Gasteiger partial charge on any atom is 0.344 e. The maximum atomic E-state index is 13.0. The average molecular weight is 478 g/mol. The zero-order valence-electron chi connectivity index (χ0n) is 17.2. The Balaban J connectivity index is 0.00000259. The second-order valence-electron chi connectivity index (χ2n) is 7.45. The molecule has 8 heteroatoms. The maximum absolute atomic E-state index is 13.0. The van der Waals surface area contributed by atoms with Crippen molar-refractivity contribution in [3.8, 4) is 11.8 Å². The quantitative estimate of drug-likeness (QED) is 0.351. The fourth-order valence-corrected chi connectivity index (χ4v) is 4.23. The molecule has 2 N–H and O–H groups in total. The lowest BCUT2D eigenvalue weighted by atomic mass is 9.84. The molecular formula is C25H17Cl2N3O3. The largest absolute Gasteiger partial charge is 1.00 e. The molecule has 33 heavy (non-hydrogen) atoms. The van der Waals surface area contributed by atoms with Gasteiger partial charge in [0, 0.05) is 17.2 Å². The van der Waals surface area contributed by atoms with Crippen LogP contribution < -0.4 is 33.1 Å². The smallest absolute Gasteiger partial charge is 0.344 e. The number of allylic oxidation sites excluding steroid dienone is 1. The molecule has 0 bridgehead atoms. The zero-order chi connectivity index (χ0) is 22.2. The van der Waals surface area contributed by atoms with Crippen molar-refractivity contribution in [3.05, 3.63) is 117 Å². The second kappa shape index (κ2) is 8.99. The van der Waals surface area contributed by atoms with Gasteiger partial charge in [-0.2, -0.15) is 5.26 Å². The number of hydrogen-bond donors (Lipinski definition) is 1. The van der Waals surface area contributed by atoms with Gasteiger partial charge in [0.15, 0.2) is 24.7 Å². The van der Waals surface area contributed by atoms with Gasteiger partial charge in [0.1, 0.15) is 17.2 Å². The molecule has 3 heterocycles. The monoisotopic (exact) mass is 477 g/mol. The van der Waals surface area contributed by atoms with Gasteiger partial charge in [0.25, 0.3) is 0 Å². The molecule has 0 aliphatic carbocycles. The van der Waals surface area contributed by atoms with Crippen LogP contribution in [0.1, 0.15) is 22.6 Å². The number of nitrogens with zero attached hydrogens (tertiary/aromatic N) is 2. The number of fused-ring (bicyclic) bond motifs is 3. The van der Waals surface area contributed by atoms with Crippen LogP contribution in [-0.4, -0.2) is 0 Å². The normalized spacial score (nSPS) is 14.7. The molecule has 0 saturated heterocycles. The predicted octanol–water partition coefficient (Wildman–Crippen LogP) is 1.00. The minimum Gasteiger partial charge on any atom is -1.00 e. The van der Waals surface area contributed by atoms with Crippen LogP contribution in [0.3, 0.4) is 0 Å². The van der Waals surface area contributed by atoms with Crippen molar-refractivity contribution < 1.29 is 26.1 Å². The van der Waals surface area contributed by atoms with Crippen LogP contribution in [-0.2, 0) is 6.54 Å². The third-order valence-electron chi connectivity index (χ3n) is 5.50. The molecule has 0 radical (unpaired) electrons. The third-order valence-corrected chi connectivity index (χ3v) is 5.87. The highest BCUT2D eigenvalue weighted by atomic mass is 35.5. The molecule has 2 aromatic carbocycles. The molecule has 1 unspecified atom stereocenters. The van der Waals surface area contributed by atoms with E-state index in [0.717, 1.165) is 5.56 Å². The summed E-state index contributed by atoms with van der Waals surface area (Å²) in [5, 5.41) is 11.1. The molecule has 6 nitrogen and oxygen atoms in total. The number of benzene rings is 2. The predicted molar refractivity (Wildman–Crippen MR) is 119 cm³/mol. The number of aromatic nitrogens is 1. The number of nitriles is 1. The molecule has 0 saturated carbocycles. The first kappa shape index (κ1) is 22.4. The van der Waals surface area contributed by atoms with Crippen LogP contribution in [0.2, 0.25) is 5.02 Å². The van der Waals surface area contributed by atoms with Gasteiger partial charge >= 0.3 is 5.63 Å². The third kappa shape index (κ3) is 3.93. The molecule has 1 atom stereocenters. The number of pyridine rings is 1. The van der Waals surface area contributed by atoms with E-state index >= 15 is 0 Å². The molecule has 1 aliphatic heterocycles. The molecule has 0 fully saturated rings. The zero-order valence-corrected chi connectivity index (χ0v) is 18.7. The van der Waals surface area contributed by atoms with Crippen LogP contribution in [0.25, 0.3) is 11.0 Å². The highest BCUT2D eigenvalue weighted by Gasteiger charge is 2.36. The Morgan fingerprint density at radius 3 is 2.64 bits per heavy atom.